The first-order chi connectivity index (χ1) is 8.56. The van der Waals surface area contributed by atoms with Gasteiger partial charge in [-0.25, -0.2) is 4.99 Å². The normalized spacial score (nSPS) is 18.5. The number of pyridine rings is 1. The van der Waals surface area contributed by atoms with Crippen LogP contribution in [-0.4, -0.2) is 36.4 Å². The molecule has 0 saturated heterocycles. The minimum absolute atomic E-state index is 0.422. The average molecular weight is 264 g/mol. The Morgan fingerprint density at radius 1 is 1.39 bits per heavy atom. The highest BCUT2D eigenvalue weighted by Gasteiger charge is 2.16. The third-order valence-electron chi connectivity index (χ3n) is 2.44. The first kappa shape index (κ1) is 12.6. The molecule has 0 radical (unpaired) electrons. The molecule has 1 aliphatic rings. The van der Waals surface area contributed by atoms with E-state index in [2.05, 4.69) is 16.6 Å². The van der Waals surface area contributed by atoms with Crippen molar-refractivity contribution in [2.45, 2.75) is 6.23 Å². The van der Waals surface area contributed by atoms with Gasteiger partial charge < -0.3 is 9.64 Å². The van der Waals surface area contributed by atoms with Crippen LogP contribution in [0.1, 0.15) is 0 Å². The zero-order valence-corrected chi connectivity index (χ0v) is 11.1. The Morgan fingerprint density at radius 2 is 2.17 bits per heavy atom. The summed E-state index contributed by atoms with van der Waals surface area (Å²) in [5, 5.41) is 0.530. The third kappa shape index (κ3) is 2.90. The lowest BCUT2D eigenvalue weighted by Crippen LogP contribution is -2.23. The minimum atomic E-state index is -0.422. The largest absolute Gasteiger partial charge is 0.463 e. The Hall–Kier alpha value is -1.81. The van der Waals surface area contributed by atoms with Crippen LogP contribution < -0.4 is 4.74 Å². The Bertz CT molecular complexity index is 523. The molecule has 5 heteroatoms. The molecule has 1 aliphatic heterocycles. The second kappa shape index (κ2) is 5.23. The van der Waals surface area contributed by atoms with Gasteiger partial charge in [-0.2, -0.15) is 0 Å². The zero-order valence-electron chi connectivity index (χ0n) is 10.3. The Balaban J connectivity index is 2.10. The van der Waals surface area contributed by atoms with Crippen molar-refractivity contribution < 1.29 is 4.74 Å². The van der Waals surface area contributed by atoms with Crippen LogP contribution in [0.4, 0.5) is 0 Å². The number of hydrogen-bond acceptors (Lipinski definition) is 4. The number of halogens is 1. The molecule has 1 unspecified atom stereocenters. The summed E-state index contributed by atoms with van der Waals surface area (Å²) >= 11 is 5.84. The van der Waals surface area contributed by atoms with E-state index in [1.54, 1.807) is 24.7 Å². The fourth-order valence-corrected chi connectivity index (χ4v) is 1.64. The summed E-state index contributed by atoms with van der Waals surface area (Å²) in [5.41, 5.74) is 1.78. The van der Waals surface area contributed by atoms with Crippen LogP contribution in [0.25, 0.3) is 0 Å². The van der Waals surface area contributed by atoms with Gasteiger partial charge in [0.25, 0.3) is 0 Å². The summed E-state index contributed by atoms with van der Waals surface area (Å²) in [6.45, 7) is 3.95. The molecule has 0 saturated carbocycles. The van der Waals surface area contributed by atoms with Crippen molar-refractivity contribution in [2.75, 3.05) is 14.1 Å². The van der Waals surface area contributed by atoms with E-state index in [0.29, 0.717) is 10.8 Å². The summed E-state index contributed by atoms with van der Waals surface area (Å²) in [6, 6.07) is 1.70. The van der Waals surface area contributed by atoms with Crippen LogP contribution in [0, 0.1) is 0 Å². The molecule has 1 aromatic rings. The Morgan fingerprint density at radius 3 is 2.78 bits per heavy atom. The van der Waals surface area contributed by atoms with E-state index in [4.69, 9.17) is 16.3 Å². The molecule has 1 aromatic heterocycles. The van der Waals surface area contributed by atoms with Crippen LogP contribution in [0.5, 0.6) is 5.75 Å². The molecule has 0 aromatic carbocycles. The SMILES string of the molecule is C=C1C=C(N(C)C)C=NC1Oc1cncc(Cl)c1. The molecule has 94 valence electrons. The fourth-order valence-electron chi connectivity index (χ4n) is 1.47. The van der Waals surface area contributed by atoms with Gasteiger partial charge >= 0.3 is 0 Å². The molecule has 0 fully saturated rings. The van der Waals surface area contributed by atoms with Gasteiger partial charge in [0, 0.05) is 38.1 Å². The van der Waals surface area contributed by atoms with Gasteiger partial charge in [0.1, 0.15) is 5.75 Å². The number of hydrogen-bond donors (Lipinski definition) is 0. The smallest absolute Gasteiger partial charge is 0.215 e. The molecule has 2 rings (SSSR count). The predicted molar refractivity (Wildman–Crippen MR) is 73.1 cm³/mol. The fraction of sp³-hybridized carbons (Fsp3) is 0.231. The molecular weight excluding hydrogens is 250 g/mol. The lowest BCUT2D eigenvalue weighted by Gasteiger charge is -2.22. The number of aliphatic imine (C=N–C) groups is 1. The average Bonchev–Trinajstić information content (AvgIpc) is 2.31. The quantitative estimate of drug-likeness (QED) is 0.841. The number of dihydropyridines is 1. The molecule has 0 N–H and O–H groups in total. The number of nitrogens with zero attached hydrogens (tertiary/aromatic N) is 3. The van der Waals surface area contributed by atoms with Crippen molar-refractivity contribution in [1.29, 1.82) is 0 Å². The van der Waals surface area contributed by atoms with Gasteiger partial charge in [-0.3, -0.25) is 4.98 Å². The summed E-state index contributed by atoms with van der Waals surface area (Å²) in [6.07, 6.45) is 6.43. The third-order valence-corrected chi connectivity index (χ3v) is 2.64. The van der Waals surface area contributed by atoms with Crippen LogP contribution in [-0.2, 0) is 0 Å². The van der Waals surface area contributed by atoms with Crippen molar-refractivity contribution in [1.82, 2.24) is 9.88 Å². The zero-order chi connectivity index (χ0) is 13.1. The summed E-state index contributed by atoms with van der Waals surface area (Å²) in [5.74, 6) is 0.576. The summed E-state index contributed by atoms with van der Waals surface area (Å²) in [7, 11) is 3.90. The topological polar surface area (TPSA) is 37.7 Å². The van der Waals surface area contributed by atoms with E-state index in [9.17, 15) is 0 Å². The molecule has 1 atom stereocenters. The van der Waals surface area contributed by atoms with Crippen LogP contribution in [0.15, 0.2) is 47.4 Å². The van der Waals surface area contributed by atoms with Crippen LogP contribution in [0.2, 0.25) is 5.02 Å². The maximum absolute atomic E-state index is 5.84. The monoisotopic (exact) mass is 263 g/mol. The van der Waals surface area contributed by atoms with Crippen LogP contribution in [0.3, 0.4) is 0 Å². The molecule has 0 amide bonds. The van der Waals surface area contributed by atoms with Gasteiger partial charge in [-0.05, 0) is 6.08 Å². The molecule has 2 heterocycles. The molecular formula is C13H14ClN3O. The maximum Gasteiger partial charge on any atom is 0.215 e. The van der Waals surface area contributed by atoms with E-state index < -0.39 is 6.23 Å². The second-order valence-corrected chi connectivity index (χ2v) is 4.56. The first-order valence-corrected chi connectivity index (χ1v) is 5.82. The first-order valence-electron chi connectivity index (χ1n) is 5.44. The van der Waals surface area contributed by atoms with E-state index in [1.165, 1.54) is 0 Å². The summed E-state index contributed by atoms with van der Waals surface area (Å²) < 4.78 is 5.67. The molecule has 4 nitrogen and oxygen atoms in total. The second-order valence-electron chi connectivity index (χ2n) is 4.13. The number of rotatable bonds is 3. The van der Waals surface area contributed by atoms with Crippen molar-refractivity contribution in [3.8, 4) is 5.75 Å². The predicted octanol–water partition coefficient (Wildman–Crippen LogP) is 2.53. The Labute approximate surface area is 111 Å². The number of allylic oxidation sites excluding steroid dienone is 1. The van der Waals surface area contributed by atoms with E-state index in [0.717, 1.165) is 11.3 Å². The van der Waals surface area contributed by atoms with Gasteiger partial charge in [-0.1, -0.05) is 18.2 Å². The highest BCUT2D eigenvalue weighted by Crippen LogP contribution is 2.21. The highest BCUT2D eigenvalue weighted by molar-refractivity contribution is 6.30. The molecule has 0 bridgehead atoms. The van der Waals surface area contributed by atoms with Crippen molar-refractivity contribution >= 4 is 17.8 Å². The van der Waals surface area contributed by atoms with E-state index >= 15 is 0 Å². The van der Waals surface area contributed by atoms with Gasteiger partial charge in [0.05, 0.1) is 16.9 Å². The van der Waals surface area contributed by atoms with Gasteiger partial charge in [0.2, 0.25) is 6.23 Å². The standard InChI is InChI=1S/C13H14ClN3O/c1-9-4-11(17(2)3)7-16-13(9)18-12-5-10(14)6-15-8-12/h4-8,13H,1H2,2-3H3. The highest BCUT2D eigenvalue weighted by atomic mass is 35.5. The molecule has 0 spiro atoms. The minimum Gasteiger partial charge on any atom is -0.463 e. The van der Waals surface area contributed by atoms with Crippen molar-refractivity contribution in [2.24, 2.45) is 4.99 Å². The van der Waals surface area contributed by atoms with E-state index in [-0.39, 0.29) is 0 Å². The maximum atomic E-state index is 5.84. The summed E-state index contributed by atoms with van der Waals surface area (Å²) in [4.78, 5) is 10.2. The van der Waals surface area contributed by atoms with Crippen molar-refractivity contribution in [3.05, 3.63) is 47.4 Å². The molecule has 0 aliphatic carbocycles. The lowest BCUT2D eigenvalue weighted by molar-refractivity contribution is 0.249. The number of aromatic nitrogens is 1. The number of ether oxygens (including phenoxy) is 1. The molecule has 18 heavy (non-hydrogen) atoms. The van der Waals surface area contributed by atoms with Gasteiger partial charge in [0.15, 0.2) is 0 Å². The van der Waals surface area contributed by atoms with Gasteiger partial charge in [-0.15, -0.1) is 0 Å². The van der Waals surface area contributed by atoms with E-state index in [1.807, 2.05) is 25.1 Å². The van der Waals surface area contributed by atoms with Crippen LogP contribution >= 0.6 is 11.6 Å². The van der Waals surface area contributed by atoms with Crippen molar-refractivity contribution in [3.63, 3.8) is 0 Å². The Kier molecular flexibility index (Phi) is 3.67. The lowest BCUT2D eigenvalue weighted by atomic mass is 10.2.